The lowest BCUT2D eigenvalue weighted by molar-refractivity contribution is 0.0696. The smallest absolute Gasteiger partial charge is 0.335 e. The Balaban J connectivity index is 1.43. The molecule has 0 amide bonds. The van der Waals surface area contributed by atoms with E-state index in [4.69, 9.17) is 9.84 Å². The molecule has 3 aromatic rings. The molecule has 6 heteroatoms. The van der Waals surface area contributed by atoms with Gasteiger partial charge < -0.3 is 14.6 Å². The third-order valence-electron chi connectivity index (χ3n) is 5.70. The zero-order valence-corrected chi connectivity index (χ0v) is 18.5. The maximum Gasteiger partial charge on any atom is 0.335 e. The fourth-order valence-electron chi connectivity index (χ4n) is 3.93. The highest BCUT2D eigenvalue weighted by molar-refractivity contribution is 8.00. The maximum absolute atomic E-state index is 14.8. The van der Waals surface area contributed by atoms with Crippen LogP contribution in [0.2, 0.25) is 0 Å². The zero-order chi connectivity index (χ0) is 22.5. The molecule has 4 nitrogen and oxygen atoms in total. The molecule has 1 aliphatic rings. The summed E-state index contributed by atoms with van der Waals surface area (Å²) in [6, 6.07) is 20.4. The number of methoxy groups -OCH3 is 1. The molecule has 164 valence electrons. The van der Waals surface area contributed by atoms with Crippen LogP contribution in [0.3, 0.4) is 0 Å². The van der Waals surface area contributed by atoms with Gasteiger partial charge in [0.15, 0.2) is 0 Å². The SMILES string of the molecule is COc1cc(C(=O)O)ccc1NSc1ccc(C2=CCC(c3ccccc3)CC2)cc1F. The molecule has 0 bridgehead atoms. The van der Waals surface area contributed by atoms with Crippen LogP contribution in [0.5, 0.6) is 5.75 Å². The van der Waals surface area contributed by atoms with E-state index in [0.29, 0.717) is 22.3 Å². The Bertz CT molecular complexity index is 1150. The van der Waals surface area contributed by atoms with Gasteiger partial charge in [0, 0.05) is 0 Å². The van der Waals surface area contributed by atoms with Crippen molar-refractivity contribution < 1.29 is 19.0 Å². The lowest BCUT2D eigenvalue weighted by Gasteiger charge is -2.22. The van der Waals surface area contributed by atoms with Crippen molar-refractivity contribution >= 4 is 29.2 Å². The number of halogens is 1. The van der Waals surface area contributed by atoms with Gasteiger partial charge in [-0.15, -0.1) is 0 Å². The summed E-state index contributed by atoms with van der Waals surface area (Å²) in [5.74, 6) is -0.426. The van der Waals surface area contributed by atoms with Crippen molar-refractivity contribution in [3.63, 3.8) is 0 Å². The predicted octanol–water partition coefficient (Wildman–Crippen LogP) is 7.00. The average molecular weight is 450 g/mol. The quantitative estimate of drug-likeness (QED) is 0.380. The maximum atomic E-state index is 14.8. The fraction of sp³-hybridized carbons (Fsp3) is 0.192. The number of carboxylic acids is 1. The molecule has 0 aromatic heterocycles. The minimum atomic E-state index is -1.03. The number of hydrogen-bond acceptors (Lipinski definition) is 4. The van der Waals surface area contributed by atoms with Gasteiger partial charge in [-0.25, -0.2) is 9.18 Å². The van der Waals surface area contributed by atoms with Crippen LogP contribution in [-0.2, 0) is 0 Å². The fourth-order valence-corrected chi connectivity index (χ4v) is 4.61. The third-order valence-corrected chi connectivity index (χ3v) is 6.58. The van der Waals surface area contributed by atoms with Gasteiger partial charge in [0.25, 0.3) is 0 Å². The Labute approximate surface area is 191 Å². The minimum Gasteiger partial charge on any atom is -0.495 e. The van der Waals surface area contributed by atoms with Gasteiger partial charge in [-0.3, -0.25) is 0 Å². The first-order valence-electron chi connectivity index (χ1n) is 10.4. The van der Waals surface area contributed by atoms with Crippen LogP contribution in [0.15, 0.2) is 77.7 Å². The number of hydrogen-bond donors (Lipinski definition) is 2. The number of rotatable bonds is 7. The number of ether oxygens (including phenoxy) is 1. The molecule has 1 atom stereocenters. The standard InChI is InChI=1S/C26H24FNO3S/c1-31-24-16-21(26(29)30)11-13-23(24)28-32-25-14-12-20(15-22(25)27)19-9-7-18(8-10-19)17-5-3-2-4-6-17/h2-6,9,11-16,18,28H,7-8,10H2,1H3,(H,29,30). The molecule has 0 heterocycles. The number of aromatic carboxylic acids is 1. The van der Waals surface area contributed by atoms with Crippen molar-refractivity contribution in [2.24, 2.45) is 0 Å². The highest BCUT2D eigenvalue weighted by Gasteiger charge is 2.18. The van der Waals surface area contributed by atoms with Crippen molar-refractivity contribution in [3.8, 4) is 5.75 Å². The molecule has 32 heavy (non-hydrogen) atoms. The van der Waals surface area contributed by atoms with Crippen LogP contribution in [0.25, 0.3) is 5.57 Å². The van der Waals surface area contributed by atoms with E-state index in [1.54, 1.807) is 18.2 Å². The van der Waals surface area contributed by atoms with E-state index in [-0.39, 0.29) is 11.4 Å². The molecule has 0 saturated carbocycles. The molecule has 4 rings (SSSR count). The highest BCUT2D eigenvalue weighted by Crippen LogP contribution is 2.37. The summed E-state index contributed by atoms with van der Waals surface area (Å²) < 4.78 is 23.1. The second-order valence-corrected chi connectivity index (χ2v) is 8.53. The second-order valence-electron chi connectivity index (χ2n) is 7.68. The Morgan fingerprint density at radius 3 is 2.59 bits per heavy atom. The molecule has 0 fully saturated rings. The number of carboxylic acid groups (broad SMARTS) is 1. The number of carbonyl (C=O) groups is 1. The normalized spacial score (nSPS) is 15.7. The molecule has 1 unspecified atom stereocenters. The molecule has 0 aliphatic heterocycles. The minimum absolute atomic E-state index is 0.128. The van der Waals surface area contributed by atoms with E-state index in [1.807, 2.05) is 12.1 Å². The van der Waals surface area contributed by atoms with Crippen LogP contribution in [0, 0.1) is 5.82 Å². The molecular weight excluding hydrogens is 425 g/mol. The third kappa shape index (κ3) is 4.97. The van der Waals surface area contributed by atoms with Gasteiger partial charge in [-0.05, 0) is 84.2 Å². The number of allylic oxidation sites excluding steroid dienone is 2. The van der Waals surface area contributed by atoms with E-state index in [9.17, 15) is 9.18 Å². The van der Waals surface area contributed by atoms with Crippen molar-refractivity contribution in [2.75, 3.05) is 11.8 Å². The number of anilines is 1. The van der Waals surface area contributed by atoms with Crippen molar-refractivity contribution in [1.29, 1.82) is 0 Å². The van der Waals surface area contributed by atoms with Gasteiger partial charge in [0.2, 0.25) is 0 Å². The Hall–Kier alpha value is -3.25. The number of nitrogens with one attached hydrogen (secondary N) is 1. The van der Waals surface area contributed by atoms with Crippen LogP contribution in [0.1, 0.15) is 46.7 Å². The van der Waals surface area contributed by atoms with Gasteiger partial charge in [0.1, 0.15) is 11.6 Å². The first-order chi connectivity index (χ1) is 15.5. The lowest BCUT2D eigenvalue weighted by atomic mass is 9.83. The van der Waals surface area contributed by atoms with E-state index in [0.717, 1.165) is 36.8 Å². The van der Waals surface area contributed by atoms with Crippen molar-refractivity contribution in [2.45, 2.75) is 30.1 Å². The Kier molecular flexibility index (Phi) is 6.81. The summed E-state index contributed by atoms with van der Waals surface area (Å²) in [7, 11) is 1.46. The first kappa shape index (κ1) is 22.0. The molecule has 0 saturated heterocycles. The van der Waals surface area contributed by atoms with Gasteiger partial charge in [0.05, 0.1) is 23.3 Å². The van der Waals surface area contributed by atoms with Gasteiger partial charge in [-0.2, -0.15) is 0 Å². The van der Waals surface area contributed by atoms with Gasteiger partial charge in [-0.1, -0.05) is 42.5 Å². The molecule has 3 aromatic carbocycles. The van der Waals surface area contributed by atoms with Gasteiger partial charge >= 0.3 is 5.97 Å². The van der Waals surface area contributed by atoms with E-state index in [2.05, 4.69) is 35.1 Å². The predicted molar refractivity (Wildman–Crippen MR) is 127 cm³/mol. The van der Waals surface area contributed by atoms with Crippen LogP contribution in [0.4, 0.5) is 10.1 Å². The monoisotopic (exact) mass is 449 g/mol. The molecule has 0 radical (unpaired) electrons. The molecule has 0 spiro atoms. The summed E-state index contributed by atoms with van der Waals surface area (Å²) >= 11 is 1.13. The topological polar surface area (TPSA) is 58.6 Å². The lowest BCUT2D eigenvalue weighted by Crippen LogP contribution is -2.04. The summed E-state index contributed by atoms with van der Waals surface area (Å²) in [6.45, 7) is 0. The van der Waals surface area contributed by atoms with E-state index in [1.165, 1.54) is 30.4 Å². The van der Waals surface area contributed by atoms with Crippen molar-refractivity contribution in [1.82, 2.24) is 0 Å². The van der Waals surface area contributed by atoms with Crippen LogP contribution >= 0.6 is 11.9 Å². The number of benzene rings is 3. The van der Waals surface area contributed by atoms with Crippen LogP contribution in [-0.4, -0.2) is 18.2 Å². The Morgan fingerprint density at radius 1 is 1.12 bits per heavy atom. The molecule has 2 N–H and O–H groups in total. The summed E-state index contributed by atoms with van der Waals surface area (Å²) in [5.41, 5.74) is 4.17. The average Bonchev–Trinajstić information content (AvgIpc) is 2.83. The van der Waals surface area contributed by atoms with Crippen LogP contribution < -0.4 is 9.46 Å². The zero-order valence-electron chi connectivity index (χ0n) is 17.7. The largest absolute Gasteiger partial charge is 0.495 e. The van der Waals surface area contributed by atoms with Crippen molar-refractivity contribution in [3.05, 3.63) is 95.3 Å². The molecule has 1 aliphatic carbocycles. The summed E-state index contributed by atoms with van der Waals surface area (Å²) in [6.07, 6.45) is 5.18. The van der Waals surface area contributed by atoms with E-state index >= 15 is 0 Å². The first-order valence-corrected chi connectivity index (χ1v) is 11.2. The summed E-state index contributed by atoms with van der Waals surface area (Å²) in [4.78, 5) is 11.6. The van der Waals surface area contributed by atoms with E-state index < -0.39 is 5.97 Å². The second kappa shape index (κ2) is 9.92. The highest BCUT2D eigenvalue weighted by atomic mass is 32.2. The Morgan fingerprint density at radius 2 is 1.94 bits per heavy atom. The molecular formula is C26H24FNO3S. The summed E-state index contributed by atoms with van der Waals surface area (Å²) in [5, 5.41) is 9.11.